The summed E-state index contributed by atoms with van der Waals surface area (Å²) >= 11 is 1.32. The van der Waals surface area contributed by atoms with Crippen molar-refractivity contribution >= 4 is 28.2 Å². The van der Waals surface area contributed by atoms with Crippen LogP contribution in [0.2, 0.25) is 0 Å². The lowest BCUT2D eigenvalue weighted by atomic mass is 9.96. The van der Waals surface area contributed by atoms with Crippen LogP contribution < -0.4 is 10.2 Å². The number of nitrogens with zero attached hydrogens (tertiary/aromatic N) is 7. The van der Waals surface area contributed by atoms with Gasteiger partial charge in [0.1, 0.15) is 11.3 Å². The van der Waals surface area contributed by atoms with E-state index in [1.807, 2.05) is 19.9 Å². The number of aryl methyl sites for hydroxylation is 2. The third-order valence-corrected chi connectivity index (χ3v) is 5.22. The second-order valence-corrected chi connectivity index (χ2v) is 7.40. The highest BCUT2D eigenvalue weighted by molar-refractivity contribution is 7.13. The van der Waals surface area contributed by atoms with Gasteiger partial charge in [0.2, 0.25) is 11.0 Å². The van der Waals surface area contributed by atoms with Crippen molar-refractivity contribution in [1.29, 1.82) is 0 Å². The summed E-state index contributed by atoms with van der Waals surface area (Å²) < 4.78 is 1.80. The average Bonchev–Trinajstić information content (AvgIpc) is 3.31. The van der Waals surface area contributed by atoms with E-state index in [0.29, 0.717) is 10.9 Å². The van der Waals surface area contributed by atoms with Gasteiger partial charge >= 0.3 is 0 Å². The first-order valence-electron chi connectivity index (χ1n) is 8.78. The normalized spacial score (nSPS) is 15.1. The van der Waals surface area contributed by atoms with Crippen LogP contribution in [0.1, 0.15) is 24.2 Å². The van der Waals surface area contributed by atoms with Gasteiger partial charge in [0, 0.05) is 24.7 Å². The molecule has 4 heterocycles. The molecular weight excluding hydrogens is 364 g/mol. The molecule has 0 radical (unpaired) electrons. The zero-order valence-electron chi connectivity index (χ0n) is 15.2. The number of carbonyl (C=O) groups excluding carboxylic acids is 1. The standard InChI is InChI=1S/C17H20N8OS/c1-11-7-12(2)25(23-11)15-9-18-8-14(20-15)24-5-3-13(4-6-24)16(26)21-17-22-19-10-27-17/h7-10,13H,3-6H2,1-2H3,(H,21,22,26). The van der Waals surface area contributed by atoms with Gasteiger partial charge in [0.05, 0.1) is 18.1 Å². The van der Waals surface area contributed by atoms with E-state index < -0.39 is 0 Å². The lowest BCUT2D eigenvalue weighted by Gasteiger charge is -2.31. The summed E-state index contributed by atoms with van der Waals surface area (Å²) in [6.07, 6.45) is 4.99. The third-order valence-electron chi connectivity index (χ3n) is 4.62. The van der Waals surface area contributed by atoms with Crippen molar-refractivity contribution in [3.63, 3.8) is 0 Å². The molecule has 1 amide bonds. The summed E-state index contributed by atoms with van der Waals surface area (Å²) in [5, 5.41) is 15.4. The minimum atomic E-state index is -0.0303. The molecule has 3 aromatic rings. The van der Waals surface area contributed by atoms with Crippen molar-refractivity contribution in [1.82, 2.24) is 29.9 Å². The fourth-order valence-corrected chi connectivity index (χ4v) is 3.71. The summed E-state index contributed by atoms with van der Waals surface area (Å²) in [7, 11) is 0. The van der Waals surface area contributed by atoms with E-state index in [1.165, 1.54) is 11.3 Å². The Morgan fingerprint density at radius 3 is 2.67 bits per heavy atom. The first-order valence-corrected chi connectivity index (χ1v) is 9.66. The highest BCUT2D eigenvalue weighted by atomic mass is 32.1. The molecule has 1 fully saturated rings. The van der Waals surface area contributed by atoms with Crippen LogP contribution in [-0.4, -0.2) is 48.9 Å². The Morgan fingerprint density at radius 2 is 2.00 bits per heavy atom. The summed E-state index contributed by atoms with van der Waals surface area (Å²) in [6, 6.07) is 2.01. The molecule has 1 N–H and O–H groups in total. The lowest BCUT2D eigenvalue weighted by molar-refractivity contribution is -0.120. The van der Waals surface area contributed by atoms with Crippen LogP contribution in [0.15, 0.2) is 24.0 Å². The Labute approximate surface area is 160 Å². The average molecular weight is 384 g/mol. The SMILES string of the molecule is Cc1cc(C)n(-c2cncc(N3CCC(C(=O)Nc4nncs4)CC3)n2)n1. The van der Waals surface area contributed by atoms with Crippen molar-refractivity contribution in [2.24, 2.45) is 5.92 Å². The van der Waals surface area contributed by atoms with E-state index in [1.54, 1.807) is 22.6 Å². The molecule has 0 spiro atoms. The van der Waals surface area contributed by atoms with Gasteiger partial charge in [-0.25, -0.2) is 9.67 Å². The molecule has 1 aliphatic rings. The van der Waals surface area contributed by atoms with E-state index >= 15 is 0 Å². The molecule has 4 rings (SSSR count). The van der Waals surface area contributed by atoms with Crippen molar-refractivity contribution in [2.75, 3.05) is 23.3 Å². The second kappa shape index (κ2) is 7.39. The van der Waals surface area contributed by atoms with Gasteiger partial charge in [-0.05, 0) is 32.8 Å². The van der Waals surface area contributed by atoms with Crippen LogP contribution in [0.5, 0.6) is 0 Å². The van der Waals surface area contributed by atoms with E-state index in [0.717, 1.165) is 43.1 Å². The van der Waals surface area contributed by atoms with Gasteiger partial charge in [-0.15, -0.1) is 10.2 Å². The summed E-state index contributed by atoms with van der Waals surface area (Å²) in [4.78, 5) is 23.6. The molecule has 0 saturated carbocycles. The summed E-state index contributed by atoms with van der Waals surface area (Å²) in [5.41, 5.74) is 3.57. The highest BCUT2D eigenvalue weighted by Crippen LogP contribution is 2.24. The van der Waals surface area contributed by atoms with Gasteiger partial charge < -0.3 is 10.2 Å². The maximum absolute atomic E-state index is 12.4. The number of carbonyl (C=O) groups is 1. The molecule has 10 heteroatoms. The maximum atomic E-state index is 12.4. The summed E-state index contributed by atoms with van der Waals surface area (Å²) in [5.74, 6) is 1.49. The minimum Gasteiger partial charge on any atom is -0.355 e. The van der Waals surface area contributed by atoms with Crippen LogP contribution >= 0.6 is 11.3 Å². The Kier molecular flexibility index (Phi) is 4.80. The number of nitrogens with one attached hydrogen (secondary N) is 1. The first-order chi connectivity index (χ1) is 13.1. The van der Waals surface area contributed by atoms with E-state index in [2.05, 4.69) is 30.5 Å². The molecule has 0 atom stereocenters. The number of rotatable bonds is 4. The van der Waals surface area contributed by atoms with Gasteiger partial charge in [0.15, 0.2) is 5.82 Å². The van der Waals surface area contributed by atoms with Crippen LogP contribution in [0.25, 0.3) is 5.82 Å². The molecule has 0 unspecified atom stereocenters. The molecule has 0 aliphatic carbocycles. The Hall–Kier alpha value is -2.88. The molecule has 1 aliphatic heterocycles. The molecule has 0 aromatic carbocycles. The Balaban J connectivity index is 1.42. The van der Waals surface area contributed by atoms with Gasteiger partial charge in [0.25, 0.3) is 0 Å². The maximum Gasteiger partial charge on any atom is 0.229 e. The van der Waals surface area contributed by atoms with Crippen molar-refractivity contribution < 1.29 is 4.79 Å². The van der Waals surface area contributed by atoms with Crippen LogP contribution in [0, 0.1) is 19.8 Å². The minimum absolute atomic E-state index is 0.00822. The number of hydrogen-bond acceptors (Lipinski definition) is 8. The van der Waals surface area contributed by atoms with Crippen LogP contribution in [0.3, 0.4) is 0 Å². The summed E-state index contributed by atoms with van der Waals surface area (Å²) in [6.45, 7) is 5.46. The molecule has 140 valence electrons. The first kappa shape index (κ1) is 17.5. The fraction of sp³-hybridized carbons (Fsp3) is 0.412. The number of amides is 1. The van der Waals surface area contributed by atoms with Crippen LogP contribution in [-0.2, 0) is 4.79 Å². The lowest BCUT2D eigenvalue weighted by Crippen LogP contribution is -2.38. The molecule has 3 aromatic heterocycles. The molecule has 1 saturated heterocycles. The number of anilines is 2. The predicted octanol–water partition coefficient (Wildman–Crippen LogP) is 1.99. The van der Waals surface area contributed by atoms with Crippen LogP contribution in [0.4, 0.5) is 10.9 Å². The smallest absolute Gasteiger partial charge is 0.229 e. The second-order valence-electron chi connectivity index (χ2n) is 6.57. The van der Waals surface area contributed by atoms with Gasteiger partial charge in [-0.1, -0.05) is 11.3 Å². The van der Waals surface area contributed by atoms with Gasteiger partial charge in [-0.2, -0.15) is 5.10 Å². The predicted molar refractivity (Wildman–Crippen MR) is 102 cm³/mol. The monoisotopic (exact) mass is 384 g/mol. The number of piperidine rings is 1. The third kappa shape index (κ3) is 3.80. The fourth-order valence-electron chi connectivity index (χ4n) is 3.27. The molecule has 27 heavy (non-hydrogen) atoms. The Bertz CT molecular complexity index is 930. The topological polar surface area (TPSA) is 102 Å². The van der Waals surface area contributed by atoms with Crippen molar-refractivity contribution in [3.05, 3.63) is 35.4 Å². The zero-order valence-corrected chi connectivity index (χ0v) is 16.0. The molecule has 0 bridgehead atoms. The quantitative estimate of drug-likeness (QED) is 0.734. The van der Waals surface area contributed by atoms with E-state index in [4.69, 9.17) is 4.98 Å². The largest absolute Gasteiger partial charge is 0.355 e. The van der Waals surface area contributed by atoms with E-state index in [-0.39, 0.29) is 11.8 Å². The Morgan fingerprint density at radius 1 is 1.22 bits per heavy atom. The van der Waals surface area contributed by atoms with Gasteiger partial charge in [-0.3, -0.25) is 9.78 Å². The van der Waals surface area contributed by atoms with E-state index in [9.17, 15) is 4.79 Å². The number of hydrogen-bond donors (Lipinski definition) is 1. The molecule has 9 nitrogen and oxygen atoms in total. The highest BCUT2D eigenvalue weighted by Gasteiger charge is 2.26. The number of aromatic nitrogens is 6. The van der Waals surface area contributed by atoms with Crippen molar-refractivity contribution in [2.45, 2.75) is 26.7 Å². The molecular formula is C17H20N8OS. The van der Waals surface area contributed by atoms with Crippen molar-refractivity contribution in [3.8, 4) is 5.82 Å². The zero-order chi connectivity index (χ0) is 18.8.